The highest BCUT2D eigenvalue weighted by Gasteiger charge is 2.35. The predicted molar refractivity (Wildman–Crippen MR) is 110 cm³/mol. The molecular weight excluding hydrogens is 308 g/mol. The van der Waals surface area contributed by atoms with Gasteiger partial charge in [0.05, 0.1) is 11.4 Å². The number of hydrogen-bond acceptors (Lipinski definition) is 4. The zero-order valence-corrected chi connectivity index (χ0v) is 15.9. The average molecular weight is 343 g/mol. The van der Waals surface area contributed by atoms with Gasteiger partial charge in [-0.3, -0.25) is 4.90 Å². The Morgan fingerprint density at radius 1 is 1.20 bits per heavy atom. The van der Waals surface area contributed by atoms with Crippen LogP contribution in [0.2, 0.25) is 0 Å². The van der Waals surface area contributed by atoms with Crippen LogP contribution in [0.5, 0.6) is 0 Å². The SMILES string of the molecule is C=C.C=C1Nc2ccccc2N1C1CCN(C(C)(C)CCCN)CC1. The molecule has 1 saturated heterocycles. The highest BCUT2D eigenvalue weighted by Crippen LogP contribution is 2.39. The maximum atomic E-state index is 5.69. The monoisotopic (exact) mass is 342 g/mol. The van der Waals surface area contributed by atoms with Crippen LogP contribution in [-0.4, -0.2) is 36.1 Å². The van der Waals surface area contributed by atoms with E-state index in [9.17, 15) is 0 Å². The van der Waals surface area contributed by atoms with Crippen LogP contribution >= 0.6 is 0 Å². The highest BCUT2D eigenvalue weighted by molar-refractivity contribution is 5.80. The molecule has 0 unspecified atom stereocenters. The second-order valence-electron chi connectivity index (χ2n) is 7.38. The molecule has 3 rings (SSSR count). The summed E-state index contributed by atoms with van der Waals surface area (Å²) >= 11 is 0. The number of nitrogens with zero attached hydrogens (tertiary/aromatic N) is 2. The van der Waals surface area contributed by atoms with Crippen LogP contribution in [0.25, 0.3) is 0 Å². The molecule has 0 amide bonds. The normalized spacial score (nSPS) is 18.4. The number of nitrogens with two attached hydrogens (primary N) is 1. The van der Waals surface area contributed by atoms with Crippen LogP contribution in [0.3, 0.4) is 0 Å². The fourth-order valence-electron chi connectivity index (χ4n) is 3.99. The number of nitrogens with one attached hydrogen (secondary N) is 1. The molecule has 0 spiro atoms. The first kappa shape index (κ1) is 19.5. The van der Waals surface area contributed by atoms with Crippen molar-refractivity contribution in [2.24, 2.45) is 5.73 Å². The second kappa shape index (κ2) is 8.54. The number of rotatable bonds is 5. The van der Waals surface area contributed by atoms with Crippen LogP contribution in [0.15, 0.2) is 49.8 Å². The maximum absolute atomic E-state index is 5.69. The van der Waals surface area contributed by atoms with E-state index in [4.69, 9.17) is 5.73 Å². The number of benzene rings is 1. The molecule has 4 heteroatoms. The molecule has 3 N–H and O–H groups in total. The summed E-state index contributed by atoms with van der Waals surface area (Å²) in [6.07, 6.45) is 4.64. The van der Waals surface area contributed by atoms with Crippen molar-refractivity contribution in [3.63, 3.8) is 0 Å². The summed E-state index contributed by atoms with van der Waals surface area (Å²) in [5.41, 5.74) is 8.40. The molecule has 0 radical (unpaired) electrons. The third-order valence-corrected chi connectivity index (χ3v) is 5.41. The minimum absolute atomic E-state index is 0.252. The molecule has 2 aliphatic heterocycles. The quantitative estimate of drug-likeness (QED) is 0.788. The predicted octanol–water partition coefficient (Wildman–Crippen LogP) is 4.17. The molecule has 0 aromatic heterocycles. The van der Waals surface area contributed by atoms with Gasteiger partial charge in [-0.15, -0.1) is 13.2 Å². The van der Waals surface area contributed by atoms with Crippen LogP contribution in [-0.2, 0) is 0 Å². The highest BCUT2D eigenvalue weighted by atomic mass is 15.3. The van der Waals surface area contributed by atoms with Crippen molar-refractivity contribution in [2.45, 2.75) is 51.1 Å². The summed E-state index contributed by atoms with van der Waals surface area (Å²) in [4.78, 5) is 5.04. The Morgan fingerprint density at radius 3 is 2.48 bits per heavy atom. The van der Waals surface area contributed by atoms with Crippen molar-refractivity contribution >= 4 is 11.4 Å². The van der Waals surface area contributed by atoms with Gasteiger partial charge in [0, 0.05) is 24.7 Å². The van der Waals surface area contributed by atoms with E-state index in [0.29, 0.717) is 6.04 Å². The minimum Gasteiger partial charge on any atom is -0.340 e. The molecule has 0 bridgehead atoms. The average Bonchev–Trinajstić information content (AvgIpc) is 2.97. The fraction of sp³-hybridized carbons (Fsp3) is 0.524. The summed E-state index contributed by atoms with van der Waals surface area (Å²) in [7, 11) is 0. The lowest BCUT2D eigenvalue weighted by atomic mass is 9.91. The topological polar surface area (TPSA) is 44.5 Å². The van der Waals surface area contributed by atoms with Crippen molar-refractivity contribution in [3.8, 4) is 0 Å². The van der Waals surface area contributed by atoms with Crippen LogP contribution < -0.4 is 16.0 Å². The Hall–Kier alpha value is -1.78. The van der Waals surface area contributed by atoms with Crippen LogP contribution in [0, 0.1) is 0 Å². The number of para-hydroxylation sites is 2. The van der Waals surface area contributed by atoms with Gasteiger partial charge in [0.1, 0.15) is 5.82 Å². The van der Waals surface area contributed by atoms with Crippen LogP contribution in [0.4, 0.5) is 11.4 Å². The van der Waals surface area contributed by atoms with E-state index >= 15 is 0 Å². The van der Waals surface area contributed by atoms with E-state index in [1.165, 1.54) is 30.6 Å². The lowest BCUT2D eigenvalue weighted by molar-refractivity contribution is 0.0801. The van der Waals surface area contributed by atoms with Crippen LogP contribution in [0.1, 0.15) is 39.5 Å². The molecule has 1 aromatic carbocycles. The van der Waals surface area contributed by atoms with Crippen molar-refractivity contribution in [1.82, 2.24) is 4.90 Å². The first-order valence-corrected chi connectivity index (χ1v) is 9.32. The fourth-order valence-corrected chi connectivity index (χ4v) is 3.99. The number of hydrogen-bond donors (Lipinski definition) is 2. The van der Waals surface area contributed by atoms with Gasteiger partial charge in [-0.25, -0.2) is 0 Å². The van der Waals surface area contributed by atoms with Gasteiger partial charge in [0.15, 0.2) is 0 Å². The summed E-state index contributed by atoms with van der Waals surface area (Å²) < 4.78 is 0. The first-order chi connectivity index (χ1) is 12.0. The Labute approximate surface area is 153 Å². The summed E-state index contributed by atoms with van der Waals surface area (Å²) in [5.74, 6) is 1.02. The van der Waals surface area contributed by atoms with Gasteiger partial charge in [-0.2, -0.15) is 0 Å². The van der Waals surface area contributed by atoms with Gasteiger partial charge < -0.3 is 16.0 Å². The standard InChI is InChI=1S/C19H30N4.C2H4/c1-15-21-17-7-4-5-8-18(17)23(15)16-9-13-22(14-10-16)19(2,3)11-6-12-20;1-2/h4-5,7-8,16,21H,1,6,9-14,20H2,2-3H3;1-2H2. The Bertz CT molecular complexity index is 573. The molecule has 1 aromatic rings. The number of likely N-dealkylation sites (tertiary alicyclic amines) is 1. The molecule has 0 atom stereocenters. The molecular formula is C21H34N4. The smallest absolute Gasteiger partial charge is 0.103 e. The van der Waals surface area contributed by atoms with Crippen molar-refractivity contribution < 1.29 is 0 Å². The third kappa shape index (κ3) is 4.25. The van der Waals surface area contributed by atoms with E-state index < -0.39 is 0 Å². The Kier molecular flexibility index (Phi) is 6.68. The number of piperidine rings is 1. The zero-order valence-electron chi connectivity index (χ0n) is 15.9. The number of fused-ring (bicyclic) bond motifs is 1. The first-order valence-electron chi connectivity index (χ1n) is 9.32. The van der Waals surface area contributed by atoms with Crippen molar-refractivity contribution in [3.05, 3.63) is 49.8 Å². The minimum atomic E-state index is 0.252. The second-order valence-corrected chi connectivity index (χ2v) is 7.38. The molecule has 25 heavy (non-hydrogen) atoms. The molecule has 0 saturated carbocycles. The molecule has 2 aliphatic rings. The van der Waals surface area contributed by atoms with Gasteiger partial charge in [0.2, 0.25) is 0 Å². The van der Waals surface area contributed by atoms with E-state index in [0.717, 1.165) is 31.9 Å². The summed E-state index contributed by atoms with van der Waals surface area (Å²) in [5, 5.41) is 3.42. The molecule has 138 valence electrons. The molecule has 2 heterocycles. The van der Waals surface area contributed by atoms with E-state index in [1.807, 2.05) is 0 Å². The number of anilines is 2. The summed E-state index contributed by atoms with van der Waals surface area (Å²) in [6.45, 7) is 18.0. The van der Waals surface area contributed by atoms with E-state index in [-0.39, 0.29) is 5.54 Å². The van der Waals surface area contributed by atoms with E-state index in [1.54, 1.807) is 0 Å². The summed E-state index contributed by atoms with van der Waals surface area (Å²) in [6, 6.07) is 9.05. The van der Waals surface area contributed by atoms with E-state index in [2.05, 4.69) is 73.0 Å². The molecule has 0 aliphatic carbocycles. The van der Waals surface area contributed by atoms with Crippen molar-refractivity contribution in [2.75, 3.05) is 29.9 Å². The lowest BCUT2D eigenvalue weighted by Crippen LogP contribution is -2.52. The van der Waals surface area contributed by atoms with Gasteiger partial charge >= 0.3 is 0 Å². The maximum Gasteiger partial charge on any atom is 0.103 e. The van der Waals surface area contributed by atoms with Gasteiger partial charge in [0.25, 0.3) is 0 Å². The lowest BCUT2D eigenvalue weighted by Gasteiger charge is -2.45. The molecule has 4 nitrogen and oxygen atoms in total. The Balaban J connectivity index is 0.00000109. The van der Waals surface area contributed by atoms with Gasteiger partial charge in [-0.1, -0.05) is 18.7 Å². The van der Waals surface area contributed by atoms with Gasteiger partial charge in [-0.05, 0) is 58.2 Å². The third-order valence-electron chi connectivity index (χ3n) is 5.41. The zero-order chi connectivity index (χ0) is 18.4. The van der Waals surface area contributed by atoms with Crippen molar-refractivity contribution in [1.29, 1.82) is 0 Å². The largest absolute Gasteiger partial charge is 0.340 e. The molecule has 1 fully saturated rings. The Morgan fingerprint density at radius 2 is 1.84 bits per heavy atom.